The topological polar surface area (TPSA) is 53.4 Å². The first-order chi connectivity index (χ1) is 10.9. The highest BCUT2D eigenvalue weighted by Crippen LogP contribution is 2.33. The molecule has 1 aromatic carbocycles. The zero-order valence-corrected chi connectivity index (χ0v) is 12.7. The zero-order chi connectivity index (χ0) is 16.6. The second-order valence-corrected chi connectivity index (χ2v) is 6.23. The summed E-state index contributed by atoms with van der Waals surface area (Å²) in [5.74, 6) is -0.162. The molecule has 1 fully saturated rings. The van der Waals surface area contributed by atoms with Crippen molar-refractivity contribution in [3.8, 4) is 10.6 Å². The lowest BCUT2D eigenvalue weighted by molar-refractivity contribution is -0.137. The number of rotatable bonds is 3. The van der Waals surface area contributed by atoms with Crippen molar-refractivity contribution in [2.75, 3.05) is 19.7 Å². The number of amides is 1. The third-order valence-corrected chi connectivity index (χ3v) is 4.55. The lowest BCUT2D eigenvalue weighted by Crippen LogP contribution is -2.51. The summed E-state index contributed by atoms with van der Waals surface area (Å²) in [6.07, 6.45) is -4.41. The average molecular weight is 342 g/mol. The Hall–Kier alpha value is -1.93. The van der Waals surface area contributed by atoms with E-state index < -0.39 is 11.7 Å². The first-order valence-electron chi connectivity index (χ1n) is 6.92. The van der Waals surface area contributed by atoms with Crippen LogP contribution in [-0.2, 0) is 6.18 Å². The van der Waals surface area contributed by atoms with Gasteiger partial charge in [0, 0.05) is 36.6 Å². The van der Waals surface area contributed by atoms with Crippen LogP contribution in [0.25, 0.3) is 10.6 Å². The molecule has 23 heavy (non-hydrogen) atoms. The van der Waals surface area contributed by atoms with Crippen LogP contribution in [0.5, 0.6) is 0 Å². The van der Waals surface area contributed by atoms with E-state index in [-0.39, 0.29) is 24.1 Å². The van der Waals surface area contributed by atoms with Crippen molar-refractivity contribution < 1.29 is 23.1 Å². The van der Waals surface area contributed by atoms with Gasteiger partial charge in [-0.05, 0) is 12.1 Å². The monoisotopic (exact) mass is 342 g/mol. The van der Waals surface area contributed by atoms with Crippen LogP contribution in [0.3, 0.4) is 0 Å². The van der Waals surface area contributed by atoms with E-state index in [0.29, 0.717) is 23.7 Å². The van der Waals surface area contributed by atoms with E-state index in [1.54, 1.807) is 10.3 Å². The number of carbonyl (C=O) groups is 1. The molecule has 0 aliphatic carbocycles. The minimum Gasteiger partial charge on any atom is -0.396 e. The maximum absolute atomic E-state index is 12.7. The van der Waals surface area contributed by atoms with Gasteiger partial charge in [0.15, 0.2) is 0 Å². The van der Waals surface area contributed by atoms with Crippen molar-refractivity contribution in [3.63, 3.8) is 0 Å². The molecule has 1 N–H and O–H groups in total. The Morgan fingerprint density at radius 3 is 2.78 bits per heavy atom. The molecule has 0 radical (unpaired) electrons. The molecule has 2 aromatic rings. The molecule has 4 nitrogen and oxygen atoms in total. The largest absolute Gasteiger partial charge is 0.416 e. The van der Waals surface area contributed by atoms with Crippen LogP contribution in [0.2, 0.25) is 0 Å². The third-order valence-electron chi connectivity index (χ3n) is 3.66. The highest BCUT2D eigenvalue weighted by molar-refractivity contribution is 7.13. The molecular formula is C15H13F3N2O2S. The smallest absolute Gasteiger partial charge is 0.396 e. The van der Waals surface area contributed by atoms with Gasteiger partial charge in [-0.1, -0.05) is 12.1 Å². The molecule has 2 heterocycles. The van der Waals surface area contributed by atoms with Crippen molar-refractivity contribution >= 4 is 17.2 Å². The van der Waals surface area contributed by atoms with E-state index in [1.165, 1.54) is 12.1 Å². The van der Waals surface area contributed by atoms with Crippen LogP contribution >= 0.6 is 11.3 Å². The lowest BCUT2D eigenvalue weighted by atomic mass is 10.0. The Labute approximate surface area is 134 Å². The highest BCUT2D eigenvalue weighted by Gasteiger charge is 2.32. The molecular weight excluding hydrogens is 329 g/mol. The van der Waals surface area contributed by atoms with Crippen LogP contribution in [0.15, 0.2) is 29.6 Å². The van der Waals surface area contributed by atoms with Gasteiger partial charge in [-0.2, -0.15) is 13.2 Å². The number of likely N-dealkylation sites (tertiary alicyclic amines) is 1. The van der Waals surface area contributed by atoms with Gasteiger partial charge in [0.05, 0.1) is 5.56 Å². The fourth-order valence-corrected chi connectivity index (χ4v) is 3.14. The lowest BCUT2D eigenvalue weighted by Gasteiger charge is -2.37. The molecule has 1 aliphatic rings. The summed E-state index contributed by atoms with van der Waals surface area (Å²) in [5, 5.41) is 10.9. The Morgan fingerprint density at radius 2 is 2.13 bits per heavy atom. The molecule has 0 unspecified atom stereocenters. The number of carbonyl (C=O) groups excluding carboxylic acids is 1. The first kappa shape index (κ1) is 15.9. The molecule has 0 bridgehead atoms. The van der Waals surface area contributed by atoms with Crippen molar-refractivity contribution in [2.24, 2.45) is 5.92 Å². The molecule has 1 saturated heterocycles. The molecule has 8 heteroatoms. The summed E-state index contributed by atoms with van der Waals surface area (Å²) < 4.78 is 38.2. The average Bonchev–Trinajstić information content (AvgIpc) is 2.95. The van der Waals surface area contributed by atoms with Gasteiger partial charge in [-0.3, -0.25) is 4.79 Å². The first-order valence-corrected chi connectivity index (χ1v) is 7.79. The van der Waals surface area contributed by atoms with E-state index in [9.17, 15) is 18.0 Å². The van der Waals surface area contributed by atoms with Crippen LogP contribution in [-0.4, -0.2) is 40.6 Å². The number of alkyl halides is 3. The van der Waals surface area contributed by atoms with Crippen LogP contribution in [0, 0.1) is 5.92 Å². The van der Waals surface area contributed by atoms with E-state index in [2.05, 4.69) is 4.98 Å². The van der Waals surface area contributed by atoms with Crippen molar-refractivity contribution in [2.45, 2.75) is 6.18 Å². The van der Waals surface area contributed by atoms with Gasteiger partial charge >= 0.3 is 6.18 Å². The van der Waals surface area contributed by atoms with Gasteiger partial charge in [-0.25, -0.2) is 4.98 Å². The molecule has 0 saturated carbocycles. The van der Waals surface area contributed by atoms with Crippen LogP contribution in [0.1, 0.15) is 16.1 Å². The standard InChI is InChI=1S/C15H13F3N2O2S/c16-15(17,18)11-3-1-2-10(4-11)13-19-12(8-23-13)14(22)20-5-9(6-20)7-21/h1-4,8-9,21H,5-7H2. The number of hydrogen-bond donors (Lipinski definition) is 1. The third kappa shape index (κ3) is 3.23. The molecule has 122 valence electrons. The maximum Gasteiger partial charge on any atom is 0.416 e. The maximum atomic E-state index is 12.7. The normalized spacial score (nSPS) is 15.6. The van der Waals surface area contributed by atoms with Crippen LogP contribution < -0.4 is 0 Å². The van der Waals surface area contributed by atoms with E-state index in [1.807, 2.05) is 0 Å². The SMILES string of the molecule is O=C(c1csc(-c2cccc(C(F)(F)F)c2)n1)N1CC(CO)C1. The Morgan fingerprint density at radius 1 is 1.39 bits per heavy atom. The summed E-state index contributed by atoms with van der Waals surface area (Å²) >= 11 is 1.13. The van der Waals surface area contributed by atoms with Crippen molar-refractivity contribution in [3.05, 3.63) is 40.9 Å². The summed E-state index contributed by atoms with van der Waals surface area (Å²) in [5.41, 5.74) is -0.189. The second kappa shape index (κ2) is 5.93. The quantitative estimate of drug-likeness (QED) is 0.933. The van der Waals surface area contributed by atoms with E-state index in [0.717, 1.165) is 23.5 Å². The Balaban J connectivity index is 1.78. The molecule has 1 amide bonds. The number of thiazole rings is 1. The predicted octanol–water partition coefficient (Wildman–Crippen LogP) is 2.89. The Bertz CT molecular complexity index is 724. The molecule has 0 atom stereocenters. The highest BCUT2D eigenvalue weighted by atomic mass is 32.1. The van der Waals surface area contributed by atoms with Gasteiger partial charge in [0.2, 0.25) is 0 Å². The van der Waals surface area contributed by atoms with Gasteiger partial charge in [0.1, 0.15) is 10.7 Å². The van der Waals surface area contributed by atoms with E-state index in [4.69, 9.17) is 5.11 Å². The van der Waals surface area contributed by atoms with E-state index >= 15 is 0 Å². The van der Waals surface area contributed by atoms with Gasteiger partial charge in [-0.15, -0.1) is 11.3 Å². The number of halogens is 3. The number of hydrogen-bond acceptors (Lipinski definition) is 4. The Kier molecular flexibility index (Phi) is 4.11. The van der Waals surface area contributed by atoms with Crippen LogP contribution in [0.4, 0.5) is 13.2 Å². The number of aliphatic hydroxyl groups excluding tert-OH is 1. The van der Waals surface area contributed by atoms with Gasteiger partial charge < -0.3 is 10.0 Å². The van der Waals surface area contributed by atoms with Gasteiger partial charge in [0.25, 0.3) is 5.91 Å². The minimum atomic E-state index is -4.41. The summed E-state index contributed by atoms with van der Waals surface area (Å²) in [6.45, 7) is 0.994. The fourth-order valence-electron chi connectivity index (χ4n) is 2.35. The second-order valence-electron chi connectivity index (χ2n) is 5.38. The molecule has 3 rings (SSSR count). The number of nitrogens with zero attached hydrogens (tertiary/aromatic N) is 2. The number of aliphatic hydroxyl groups is 1. The minimum absolute atomic E-state index is 0.0380. The number of aromatic nitrogens is 1. The molecule has 1 aromatic heterocycles. The van der Waals surface area contributed by atoms with Crippen molar-refractivity contribution in [1.82, 2.24) is 9.88 Å². The fraction of sp³-hybridized carbons (Fsp3) is 0.333. The summed E-state index contributed by atoms with van der Waals surface area (Å²) in [7, 11) is 0. The number of benzene rings is 1. The van der Waals surface area contributed by atoms with Crippen molar-refractivity contribution in [1.29, 1.82) is 0 Å². The summed E-state index contributed by atoms with van der Waals surface area (Å²) in [4.78, 5) is 17.9. The predicted molar refractivity (Wildman–Crippen MR) is 79.0 cm³/mol. The zero-order valence-electron chi connectivity index (χ0n) is 11.9. The summed E-state index contributed by atoms with van der Waals surface area (Å²) in [6, 6.07) is 4.88. The molecule has 1 aliphatic heterocycles. The molecule has 0 spiro atoms.